The molecule has 23 heavy (non-hydrogen) atoms. The molecule has 1 aromatic rings. The van der Waals surface area contributed by atoms with E-state index in [1.807, 2.05) is 12.1 Å². The Labute approximate surface area is 145 Å². The van der Waals surface area contributed by atoms with Crippen LogP contribution in [0.25, 0.3) is 0 Å². The Kier molecular flexibility index (Phi) is 7.86. The van der Waals surface area contributed by atoms with Gasteiger partial charge in [0.2, 0.25) is 0 Å². The van der Waals surface area contributed by atoms with Crippen molar-refractivity contribution in [3.8, 4) is 5.75 Å². The predicted octanol–water partition coefficient (Wildman–Crippen LogP) is 2.90. The van der Waals surface area contributed by atoms with Crippen molar-refractivity contribution >= 4 is 18.3 Å². The fraction of sp³-hybridized carbons (Fsp3) is 0.611. The highest BCUT2D eigenvalue weighted by molar-refractivity contribution is 5.85. The Morgan fingerprint density at radius 2 is 2.00 bits per heavy atom. The second kappa shape index (κ2) is 9.14. The second-order valence-corrected chi connectivity index (χ2v) is 7.06. The molecule has 1 unspecified atom stereocenters. The molecule has 1 amide bonds. The molecule has 1 heterocycles. The third-order valence-corrected chi connectivity index (χ3v) is 4.13. The van der Waals surface area contributed by atoms with Gasteiger partial charge in [-0.25, -0.2) is 0 Å². The maximum atomic E-state index is 11.8. The van der Waals surface area contributed by atoms with E-state index in [2.05, 4.69) is 43.5 Å². The number of hydrogen-bond acceptors (Lipinski definition) is 3. The molecule has 1 aliphatic rings. The SMILES string of the molecule is CC(C)(C)c1ccc(OCC(=O)NCCC2CCNC2)cc1.Cl. The van der Waals surface area contributed by atoms with E-state index in [-0.39, 0.29) is 30.3 Å². The molecule has 0 spiro atoms. The molecule has 2 rings (SSSR count). The molecule has 0 aliphatic carbocycles. The first-order chi connectivity index (χ1) is 10.4. The van der Waals surface area contributed by atoms with E-state index < -0.39 is 0 Å². The van der Waals surface area contributed by atoms with Gasteiger partial charge in [0.15, 0.2) is 6.61 Å². The summed E-state index contributed by atoms with van der Waals surface area (Å²) in [6.07, 6.45) is 2.26. The molecular formula is C18H29ClN2O2. The molecule has 5 heteroatoms. The predicted molar refractivity (Wildman–Crippen MR) is 96.5 cm³/mol. The number of halogens is 1. The first-order valence-electron chi connectivity index (χ1n) is 8.16. The molecule has 2 N–H and O–H groups in total. The third kappa shape index (κ3) is 6.80. The van der Waals surface area contributed by atoms with Crippen LogP contribution in [0.1, 0.15) is 39.2 Å². The summed E-state index contributed by atoms with van der Waals surface area (Å²) in [5, 5.41) is 6.26. The molecule has 0 radical (unpaired) electrons. The maximum absolute atomic E-state index is 11.8. The highest BCUT2D eigenvalue weighted by Crippen LogP contribution is 2.24. The molecule has 4 nitrogen and oxygen atoms in total. The summed E-state index contributed by atoms with van der Waals surface area (Å²) in [6.45, 7) is 9.52. The molecule has 0 bridgehead atoms. The van der Waals surface area contributed by atoms with Gasteiger partial charge in [0.1, 0.15) is 5.75 Å². The molecule has 1 fully saturated rings. The van der Waals surface area contributed by atoms with E-state index in [0.29, 0.717) is 5.92 Å². The summed E-state index contributed by atoms with van der Waals surface area (Å²) >= 11 is 0. The van der Waals surface area contributed by atoms with E-state index in [0.717, 1.165) is 31.8 Å². The van der Waals surface area contributed by atoms with Crippen molar-refractivity contribution < 1.29 is 9.53 Å². The molecule has 1 saturated heterocycles. The highest BCUT2D eigenvalue weighted by atomic mass is 35.5. The number of carbonyl (C=O) groups is 1. The highest BCUT2D eigenvalue weighted by Gasteiger charge is 2.15. The van der Waals surface area contributed by atoms with Crippen LogP contribution < -0.4 is 15.4 Å². The zero-order valence-electron chi connectivity index (χ0n) is 14.4. The van der Waals surface area contributed by atoms with Crippen LogP contribution in [0, 0.1) is 5.92 Å². The molecule has 0 saturated carbocycles. The second-order valence-electron chi connectivity index (χ2n) is 7.06. The minimum absolute atomic E-state index is 0. The lowest BCUT2D eigenvalue weighted by Crippen LogP contribution is -2.30. The van der Waals surface area contributed by atoms with Crippen LogP contribution in [0.5, 0.6) is 5.75 Å². The van der Waals surface area contributed by atoms with Crippen molar-refractivity contribution in [1.29, 1.82) is 0 Å². The lowest BCUT2D eigenvalue weighted by atomic mass is 9.87. The fourth-order valence-corrected chi connectivity index (χ4v) is 2.63. The van der Waals surface area contributed by atoms with Crippen LogP contribution in [0.15, 0.2) is 24.3 Å². The minimum Gasteiger partial charge on any atom is -0.484 e. The van der Waals surface area contributed by atoms with Gasteiger partial charge in [-0.15, -0.1) is 12.4 Å². The van der Waals surface area contributed by atoms with Crippen molar-refractivity contribution in [2.24, 2.45) is 5.92 Å². The first-order valence-corrected chi connectivity index (χ1v) is 8.16. The van der Waals surface area contributed by atoms with Gasteiger partial charge in [-0.05, 0) is 55.0 Å². The van der Waals surface area contributed by atoms with E-state index in [1.165, 1.54) is 12.0 Å². The van der Waals surface area contributed by atoms with Gasteiger partial charge in [-0.3, -0.25) is 4.79 Å². The Balaban J connectivity index is 0.00000264. The molecule has 0 aromatic heterocycles. The monoisotopic (exact) mass is 340 g/mol. The van der Waals surface area contributed by atoms with Gasteiger partial charge in [-0.1, -0.05) is 32.9 Å². The summed E-state index contributed by atoms with van der Waals surface area (Å²) in [4.78, 5) is 11.8. The topological polar surface area (TPSA) is 50.4 Å². The van der Waals surface area contributed by atoms with Gasteiger partial charge in [0, 0.05) is 6.54 Å². The van der Waals surface area contributed by atoms with Crippen molar-refractivity contribution in [3.63, 3.8) is 0 Å². The van der Waals surface area contributed by atoms with Crippen LogP contribution >= 0.6 is 12.4 Å². The lowest BCUT2D eigenvalue weighted by Gasteiger charge is -2.19. The van der Waals surface area contributed by atoms with Gasteiger partial charge in [0.25, 0.3) is 5.91 Å². The van der Waals surface area contributed by atoms with E-state index in [1.54, 1.807) is 0 Å². The number of hydrogen-bond donors (Lipinski definition) is 2. The Morgan fingerprint density at radius 3 is 2.57 bits per heavy atom. The van der Waals surface area contributed by atoms with Crippen LogP contribution in [-0.4, -0.2) is 32.1 Å². The Morgan fingerprint density at radius 1 is 1.30 bits per heavy atom. The van der Waals surface area contributed by atoms with Gasteiger partial charge >= 0.3 is 0 Å². The quantitative estimate of drug-likeness (QED) is 0.837. The van der Waals surface area contributed by atoms with E-state index in [4.69, 9.17) is 4.74 Å². The average Bonchev–Trinajstić information content (AvgIpc) is 2.98. The number of carbonyl (C=O) groups excluding carboxylic acids is 1. The molecular weight excluding hydrogens is 312 g/mol. The van der Waals surface area contributed by atoms with Crippen molar-refractivity contribution in [2.75, 3.05) is 26.2 Å². The minimum atomic E-state index is -0.0501. The summed E-state index contributed by atoms with van der Waals surface area (Å²) in [5.41, 5.74) is 1.39. The Hall–Kier alpha value is -1.26. The van der Waals surface area contributed by atoms with Crippen molar-refractivity contribution in [3.05, 3.63) is 29.8 Å². The summed E-state index contributed by atoms with van der Waals surface area (Å²) in [6, 6.07) is 7.97. The summed E-state index contributed by atoms with van der Waals surface area (Å²) in [7, 11) is 0. The zero-order chi connectivity index (χ0) is 16.0. The van der Waals surface area contributed by atoms with Gasteiger partial charge in [-0.2, -0.15) is 0 Å². The van der Waals surface area contributed by atoms with E-state index >= 15 is 0 Å². The van der Waals surface area contributed by atoms with Crippen LogP contribution in [0.3, 0.4) is 0 Å². The number of benzene rings is 1. The summed E-state index contributed by atoms with van der Waals surface area (Å²) in [5.74, 6) is 1.39. The first kappa shape index (κ1) is 19.8. The molecule has 1 atom stereocenters. The van der Waals surface area contributed by atoms with Crippen molar-refractivity contribution in [2.45, 2.75) is 39.0 Å². The van der Waals surface area contributed by atoms with Crippen molar-refractivity contribution in [1.82, 2.24) is 10.6 Å². The fourth-order valence-electron chi connectivity index (χ4n) is 2.63. The standard InChI is InChI=1S/C18H28N2O2.ClH/c1-18(2,3)15-4-6-16(7-5-15)22-13-17(21)20-11-9-14-8-10-19-12-14;/h4-7,14,19H,8-13H2,1-3H3,(H,20,21);1H. The van der Waals surface area contributed by atoms with Crippen LogP contribution in [-0.2, 0) is 10.2 Å². The van der Waals surface area contributed by atoms with Gasteiger partial charge < -0.3 is 15.4 Å². The normalized spacial score (nSPS) is 17.4. The number of nitrogens with one attached hydrogen (secondary N) is 2. The third-order valence-electron chi connectivity index (χ3n) is 4.13. The smallest absolute Gasteiger partial charge is 0.257 e. The number of ether oxygens (including phenoxy) is 1. The molecule has 1 aromatic carbocycles. The molecule has 130 valence electrons. The lowest BCUT2D eigenvalue weighted by molar-refractivity contribution is -0.123. The number of rotatable bonds is 6. The average molecular weight is 341 g/mol. The summed E-state index contributed by atoms with van der Waals surface area (Å²) < 4.78 is 5.53. The largest absolute Gasteiger partial charge is 0.484 e. The van der Waals surface area contributed by atoms with Crippen LogP contribution in [0.4, 0.5) is 0 Å². The maximum Gasteiger partial charge on any atom is 0.257 e. The number of amides is 1. The van der Waals surface area contributed by atoms with E-state index in [9.17, 15) is 4.79 Å². The van der Waals surface area contributed by atoms with Gasteiger partial charge in [0.05, 0.1) is 0 Å². The Bertz CT molecular complexity index is 477. The zero-order valence-corrected chi connectivity index (χ0v) is 15.2. The van der Waals surface area contributed by atoms with Crippen LogP contribution in [0.2, 0.25) is 0 Å². The molecule has 1 aliphatic heterocycles.